The fourth-order valence-electron chi connectivity index (χ4n) is 0.498. The summed E-state index contributed by atoms with van der Waals surface area (Å²) in [7, 11) is 0. The summed E-state index contributed by atoms with van der Waals surface area (Å²) < 4.78 is 0. The Bertz CT molecular complexity index is 143. The summed E-state index contributed by atoms with van der Waals surface area (Å²) in [5.41, 5.74) is 2.01. The summed E-state index contributed by atoms with van der Waals surface area (Å²) in [6.45, 7) is 5.66. The molecule has 1 heterocycles. The molecule has 1 nitrogen and oxygen atoms in total. The van der Waals surface area contributed by atoms with Crippen LogP contribution in [0.5, 0.6) is 0 Å². The van der Waals surface area contributed by atoms with Gasteiger partial charge in [0.05, 0.1) is 0 Å². The van der Waals surface area contributed by atoms with E-state index in [0.717, 1.165) is 11.3 Å². The second-order valence-corrected chi connectivity index (χ2v) is 1.81. The molecule has 41 valence electrons. The zero-order valence-corrected chi connectivity index (χ0v) is 4.89. The molecule has 0 unspecified atom stereocenters. The lowest BCUT2D eigenvalue weighted by Gasteiger charge is -1.89. The maximum absolute atomic E-state index is 4.02. The van der Waals surface area contributed by atoms with Gasteiger partial charge in [-0.1, -0.05) is 6.07 Å². The van der Waals surface area contributed by atoms with E-state index < -0.39 is 0 Å². The van der Waals surface area contributed by atoms with Crippen molar-refractivity contribution < 1.29 is 0 Å². The first kappa shape index (κ1) is 5.29. The van der Waals surface area contributed by atoms with Crippen molar-refractivity contribution in [2.75, 3.05) is 0 Å². The average molecular weight is 106 g/mol. The Balaban J connectivity index is 3.03. The molecule has 1 rings (SSSR count). The minimum absolute atomic E-state index is 0.968. The first-order valence-corrected chi connectivity index (χ1v) is 2.53. The molecule has 1 heteroatoms. The normalized spacial score (nSPS) is 9.25. The first-order chi connectivity index (χ1) is 3.79. The van der Waals surface area contributed by atoms with Crippen LogP contribution in [-0.4, -0.2) is 4.98 Å². The van der Waals surface area contributed by atoms with E-state index >= 15 is 0 Å². The SMILES string of the molecule is [CH2]c1ccc(C)nc1. The molecular formula is C7H8N. The van der Waals surface area contributed by atoms with Crippen LogP contribution in [0.3, 0.4) is 0 Å². The van der Waals surface area contributed by atoms with Crippen LogP contribution in [0.1, 0.15) is 11.3 Å². The van der Waals surface area contributed by atoms with E-state index in [9.17, 15) is 0 Å². The van der Waals surface area contributed by atoms with Gasteiger partial charge in [0.1, 0.15) is 0 Å². The standard InChI is InChI=1S/C7H8N/c1-6-3-4-7(2)8-5-6/h3-5H,1H2,2H3. The van der Waals surface area contributed by atoms with Crippen LogP contribution < -0.4 is 0 Å². The van der Waals surface area contributed by atoms with Gasteiger partial charge in [-0.05, 0) is 25.5 Å². The smallest absolute Gasteiger partial charge is 0.0372 e. The number of nitrogens with zero attached hydrogens (tertiary/aromatic N) is 1. The van der Waals surface area contributed by atoms with Crippen molar-refractivity contribution in [1.82, 2.24) is 4.98 Å². The number of pyridine rings is 1. The van der Waals surface area contributed by atoms with Gasteiger partial charge in [-0.15, -0.1) is 0 Å². The van der Waals surface area contributed by atoms with Crippen LogP contribution in [0, 0.1) is 13.8 Å². The molecule has 0 aromatic carbocycles. The molecule has 0 N–H and O–H groups in total. The van der Waals surface area contributed by atoms with Crippen molar-refractivity contribution >= 4 is 0 Å². The number of aryl methyl sites for hydroxylation is 1. The third kappa shape index (κ3) is 1.06. The van der Waals surface area contributed by atoms with E-state index in [-0.39, 0.29) is 0 Å². The summed E-state index contributed by atoms with van der Waals surface area (Å²) in [4.78, 5) is 4.02. The predicted molar refractivity (Wildman–Crippen MR) is 33.4 cm³/mol. The summed E-state index contributed by atoms with van der Waals surface area (Å²) in [5, 5.41) is 0. The molecular weight excluding hydrogens is 98.1 g/mol. The predicted octanol–water partition coefficient (Wildman–Crippen LogP) is 1.57. The molecule has 0 aliphatic rings. The summed E-state index contributed by atoms with van der Waals surface area (Å²) in [5.74, 6) is 0. The van der Waals surface area contributed by atoms with Crippen molar-refractivity contribution in [2.24, 2.45) is 0 Å². The van der Waals surface area contributed by atoms with Crippen molar-refractivity contribution in [3.05, 3.63) is 36.5 Å². The van der Waals surface area contributed by atoms with Gasteiger partial charge in [0.15, 0.2) is 0 Å². The lowest BCUT2D eigenvalue weighted by Crippen LogP contribution is -1.78. The fourth-order valence-corrected chi connectivity index (χ4v) is 0.498. The summed E-state index contributed by atoms with van der Waals surface area (Å²) in [6, 6.07) is 3.89. The highest BCUT2D eigenvalue weighted by Gasteiger charge is 1.81. The zero-order chi connectivity index (χ0) is 5.98. The Labute approximate surface area is 49.4 Å². The van der Waals surface area contributed by atoms with Crippen LogP contribution in [-0.2, 0) is 0 Å². The van der Waals surface area contributed by atoms with Gasteiger partial charge in [0, 0.05) is 11.9 Å². The number of aromatic nitrogens is 1. The van der Waals surface area contributed by atoms with Gasteiger partial charge in [0.2, 0.25) is 0 Å². The average Bonchev–Trinajstić information content (AvgIpc) is 1.77. The van der Waals surface area contributed by atoms with E-state index in [1.807, 2.05) is 19.1 Å². The lowest BCUT2D eigenvalue weighted by atomic mass is 10.3. The molecule has 8 heavy (non-hydrogen) atoms. The molecule has 0 saturated heterocycles. The molecule has 1 aromatic heterocycles. The van der Waals surface area contributed by atoms with E-state index in [4.69, 9.17) is 0 Å². The lowest BCUT2D eigenvalue weighted by molar-refractivity contribution is 1.19. The van der Waals surface area contributed by atoms with E-state index in [1.165, 1.54) is 0 Å². The fraction of sp³-hybridized carbons (Fsp3) is 0.143. The maximum Gasteiger partial charge on any atom is 0.0372 e. The topological polar surface area (TPSA) is 12.9 Å². The molecule has 0 fully saturated rings. The van der Waals surface area contributed by atoms with Gasteiger partial charge in [-0.2, -0.15) is 0 Å². The highest BCUT2D eigenvalue weighted by atomic mass is 14.6. The van der Waals surface area contributed by atoms with E-state index in [0.29, 0.717) is 0 Å². The highest BCUT2D eigenvalue weighted by molar-refractivity contribution is 5.14. The van der Waals surface area contributed by atoms with Crippen LogP contribution in [0.25, 0.3) is 0 Å². The van der Waals surface area contributed by atoms with Crippen LogP contribution in [0.2, 0.25) is 0 Å². The van der Waals surface area contributed by atoms with Gasteiger partial charge < -0.3 is 0 Å². The Morgan fingerprint density at radius 3 is 2.62 bits per heavy atom. The van der Waals surface area contributed by atoms with Crippen LogP contribution in [0.15, 0.2) is 18.3 Å². The molecule has 0 amide bonds. The number of rotatable bonds is 0. The third-order valence-electron chi connectivity index (χ3n) is 0.973. The van der Waals surface area contributed by atoms with Crippen LogP contribution >= 0.6 is 0 Å². The maximum atomic E-state index is 4.02. The molecule has 0 aliphatic carbocycles. The van der Waals surface area contributed by atoms with E-state index in [1.54, 1.807) is 6.20 Å². The molecule has 0 aliphatic heterocycles. The van der Waals surface area contributed by atoms with Gasteiger partial charge in [-0.25, -0.2) is 0 Å². The van der Waals surface area contributed by atoms with Gasteiger partial charge in [0.25, 0.3) is 0 Å². The Kier molecular flexibility index (Phi) is 1.29. The second-order valence-electron chi connectivity index (χ2n) is 1.81. The van der Waals surface area contributed by atoms with Crippen molar-refractivity contribution in [3.63, 3.8) is 0 Å². The molecule has 0 bridgehead atoms. The Morgan fingerprint density at radius 1 is 1.50 bits per heavy atom. The van der Waals surface area contributed by atoms with Crippen molar-refractivity contribution in [2.45, 2.75) is 6.92 Å². The number of hydrogen-bond donors (Lipinski definition) is 0. The van der Waals surface area contributed by atoms with Crippen molar-refractivity contribution in [1.29, 1.82) is 0 Å². The summed E-state index contributed by atoms with van der Waals surface area (Å²) >= 11 is 0. The second kappa shape index (κ2) is 1.95. The third-order valence-corrected chi connectivity index (χ3v) is 0.973. The quantitative estimate of drug-likeness (QED) is 0.489. The molecule has 0 saturated carbocycles. The Hall–Kier alpha value is -0.850. The Morgan fingerprint density at radius 2 is 2.25 bits per heavy atom. The first-order valence-electron chi connectivity index (χ1n) is 2.53. The molecule has 1 aromatic rings. The number of hydrogen-bond acceptors (Lipinski definition) is 1. The summed E-state index contributed by atoms with van der Waals surface area (Å²) in [6.07, 6.45) is 1.76. The zero-order valence-electron chi connectivity index (χ0n) is 4.89. The molecule has 0 spiro atoms. The largest absolute Gasteiger partial charge is 0.261 e. The van der Waals surface area contributed by atoms with Gasteiger partial charge in [-0.3, -0.25) is 4.98 Å². The van der Waals surface area contributed by atoms with Crippen LogP contribution in [0.4, 0.5) is 0 Å². The van der Waals surface area contributed by atoms with Gasteiger partial charge >= 0.3 is 0 Å². The molecule has 0 atom stereocenters. The molecule has 1 radical (unpaired) electrons. The minimum Gasteiger partial charge on any atom is -0.261 e. The minimum atomic E-state index is 0.968. The monoisotopic (exact) mass is 106 g/mol. The van der Waals surface area contributed by atoms with E-state index in [2.05, 4.69) is 11.9 Å². The highest BCUT2D eigenvalue weighted by Crippen LogP contribution is 1.94. The van der Waals surface area contributed by atoms with Crippen molar-refractivity contribution in [3.8, 4) is 0 Å².